The lowest BCUT2D eigenvalue weighted by atomic mass is 10.0. The van der Waals surface area contributed by atoms with Gasteiger partial charge < -0.3 is 9.80 Å². The SMILES string of the molecule is C[C@H](c1nnc(SCC(=O)N2CCCC[C@@H]2C)n1-c1ccc(F)cc1)[NH+](C)C. The molecule has 1 aliphatic rings. The van der Waals surface area contributed by atoms with E-state index < -0.39 is 0 Å². The van der Waals surface area contributed by atoms with Gasteiger partial charge >= 0.3 is 0 Å². The lowest BCUT2D eigenvalue weighted by Crippen LogP contribution is -3.05. The van der Waals surface area contributed by atoms with Crippen LogP contribution in [-0.2, 0) is 4.79 Å². The zero-order valence-corrected chi connectivity index (χ0v) is 17.8. The zero-order valence-electron chi connectivity index (χ0n) is 17.0. The van der Waals surface area contributed by atoms with Crippen molar-refractivity contribution in [2.75, 3.05) is 26.4 Å². The average molecular weight is 407 g/mol. The molecule has 0 spiro atoms. The Kier molecular flexibility index (Phi) is 6.72. The molecule has 2 heterocycles. The second kappa shape index (κ2) is 9.05. The largest absolute Gasteiger partial charge is 0.339 e. The summed E-state index contributed by atoms with van der Waals surface area (Å²) in [6.07, 6.45) is 3.32. The Hall–Kier alpha value is -1.93. The molecule has 152 valence electrons. The van der Waals surface area contributed by atoms with E-state index in [1.165, 1.54) is 35.2 Å². The summed E-state index contributed by atoms with van der Waals surface area (Å²) in [6.45, 7) is 5.02. The lowest BCUT2D eigenvalue weighted by molar-refractivity contribution is -0.890. The number of hydrogen-bond acceptors (Lipinski definition) is 4. The molecule has 1 N–H and O–H groups in total. The number of amides is 1. The van der Waals surface area contributed by atoms with E-state index in [9.17, 15) is 9.18 Å². The van der Waals surface area contributed by atoms with E-state index in [2.05, 4.69) is 38.1 Å². The first-order valence-electron chi connectivity index (χ1n) is 9.82. The molecular formula is C20H29FN5OS+. The molecule has 6 nitrogen and oxygen atoms in total. The summed E-state index contributed by atoms with van der Waals surface area (Å²) in [5.41, 5.74) is 0.802. The van der Waals surface area contributed by atoms with Crippen LogP contribution in [0, 0.1) is 5.82 Å². The van der Waals surface area contributed by atoms with Gasteiger partial charge in [-0.05, 0) is 57.4 Å². The number of quaternary nitrogens is 1. The van der Waals surface area contributed by atoms with E-state index in [0.717, 1.165) is 30.9 Å². The quantitative estimate of drug-likeness (QED) is 0.747. The molecule has 1 amide bonds. The molecule has 1 aromatic carbocycles. The minimum Gasteiger partial charge on any atom is -0.339 e. The van der Waals surface area contributed by atoms with Gasteiger partial charge in [0.1, 0.15) is 11.9 Å². The van der Waals surface area contributed by atoms with Gasteiger partial charge in [-0.25, -0.2) is 4.39 Å². The zero-order chi connectivity index (χ0) is 20.3. The third-order valence-corrected chi connectivity index (χ3v) is 6.36. The molecule has 1 aromatic heterocycles. The van der Waals surface area contributed by atoms with Crippen LogP contribution in [-0.4, -0.2) is 58.0 Å². The van der Waals surface area contributed by atoms with Gasteiger partial charge in [0, 0.05) is 18.3 Å². The van der Waals surface area contributed by atoms with Crippen LogP contribution >= 0.6 is 11.8 Å². The van der Waals surface area contributed by atoms with Gasteiger partial charge in [-0.1, -0.05) is 11.8 Å². The number of aromatic nitrogens is 3. The van der Waals surface area contributed by atoms with Crippen LogP contribution in [0.3, 0.4) is 0 Å². The first kappa shape index (κ1) is 20.8. The molecule has 0 radical (unpaired) electrons. The highest BCUT2D eigenvalue weighted by molar-refractivity contribution is 7.99. The third kappa shape index (κ3) is 4.55. The van der Waals surface area contributed by atoms with Crippen molar-refractivity contribution in [3.05, 3.63) is 35.9 Å². The third-order valence-electron chi connectivity index (χ3n) is 5.44. The number of halogens is 1. The normalized spacial score (nSPS) is 18.5. The molecule has 1 saturated heterocycles. The molecular weight excluding hydrogens is 377 g/mol. The molecule has 0 saturated carbocycles. The minimum absolute atomic E-state index is 0.102. The molecule has 0 aliphatic carbocycles. The predicted octanol–water partition coefficient (Wildman–Crippen LogP) is 2.10. The highest BCUT2D eigenvalue weighted by Crippen LogP contribution is 2.26. The van der Waals surface area contributed by atoms with Crippen molar-refractivity contribution >= 4 is 17.7 Å². The fraction of sp³-hybridized carbons (Fsp3) is 0.550. The highest BCUT2D eigenvalue weighted by Gasteiger charge is 2.26. The van der Waals surface area contributed by atoms with Crippen molar-refractivity contribution in [3.8, 4) is 5.69 Å². The van der Waals surface area contributed by atoms with Crippen LogP contribution in [0.4, 0.5) is 4.39 Å². The fourth-order valence-electron chi connectivity index (χ4n) is 3.42. The second-order valence-electron chi connectivity index (χ2n) is 7.67. The summed E-state index contributed by atoms with van der Waals surface area (Å²) in [7, 11) is 4.12. The maximum atomic E-state index is 13.4. The number of nitrogens with one attached hydrogen (secondary N) is 1. The highest BCUT2D eigenvalue weighted by atomic mass is 32.2. The van der Waals surface area contributed by atoms with Crippen molar-refractivity contribution in [3.63, 3.8) is 0 Å². The van der Waals surface area contributed by atoms with Crippen molar-refractivity contribution in [1.29, 1.82) is 0 Å². The topological polar surface area (TPSA) is 55.5 Å². The number of carbonyl (C=O) groups excluding carboxylic acids is 1. The molecule has 28 heavy (non-hydrogen) atoms. The first-order chi connectivity index (χ1) is 13.4. The Morgan fingerprint density at radius 1 is 1.29 bits per heavy atom. The Labute approximate surface area is 170 Å². The van der Waals surface area contributed by atoms with Gasteiger partial charge in [0.2, 0.25) is 5.91 Å². The van der Waals surface area contributed by atoms with Crippen molar-refractivity contribution in [2.45, 2.75) is 50.4 Å². The lowest BCUT2D eigenvalue weighted by Gasteiger charge is -2.33. The van der Waals surface area contributed by atoms with Gasteiger partial charge in [0.25, 0.3) is 0 Å². The molecule has 8 heteroatoms. The van der Waals surface area contributed by atoms with Crippen LogP contribution in [0.15, 0.2) is 29.4 Å². The number of nitrogens with zero attached hydrogens (tertiary/aromatic N) is 4. The van der Waals surface area contributed by atoms with E-state index in [0.29, 0.717) is 17.0 Å². The Morgan fingerprint density at radius 3 is 2.64 bits per heavy atom. The minimum atomic E-state index is -0.284. The fourth-order valence-corrected chi connectivity index (χ4v) is 4.27. The summed E-state index contributed by atoms with van der Waals surface area (Å²) < 4.78 is 15.4. The van der Waals surface area contributed by atoms with Crippen LogP contribution in [0.5, 0.6) is 0 Å². The molecule has 0 bridgehead atoms. The van der Waals surface area contributed by atoms with Crippen LogP contribution < -0.4 is 4.90 Å². The smallest absolute Gasteiger partial charge is 0.233 e. The Balaban J connectivity index is 1.84. The van der Waals surface area contributed by atoms with Gasteiger partial charge in [0.05, 0.1) is 19.8 Å². The Morgan fingerprint density at radius 2 is 2.00 bits per heavy atom. The molecule has 2 atom stereocenters. The number of benzene rings is 1. The number of carbonyl (C=O) groups is 1. The summed E-state index contributed by atoms with van der Waals surface area (Å²) in [6, 6.07) is 6.70. The van der Waals surface area contributed by atoms with E-state index in [1.54, 1.807) is 12.1 Å². The van der Waals surface area contributed by atoms with Gasteiger partial charge in [-0.15, -0.1) is 10.2 Å². The summed E-state index contributed by atoms with van der Waals surface area (Å²) in [5.74, 6) is 0.979. The molecule has 1 fully saturated rings. The maximum Gasteiger partial charge on any atom is 0.233 e. The van der Waals surface area contributed by atoms with Crippen molar-refractivity contribution in [1.82, 2.24) is 19.7 Å². The van der Waals surface area contributed by atoms with Crippen LogP contribution in [0.25, 0.3) is 5.69 Å². The van der Waals surface area contributed by atoms with E-state index in [1.807, 2.05) is 9.47 Å². The molecule has 2 aromatic rings. The van der Waals surface area contributed by atoms with Crippen molar-refractivity contribution < 1.29 is 14.1 Å². The van der Waals surface area contributed by atoms with E-state index in [-0.39, 0.29) is 17.8 Å². The van der Waals surface area contributed by atoms with Gasteiger partial charge in [-0.3, -0.25) is 9.36 Å². The number of piperidine rings is 1. The monoisotopic (exact) mass is 406 g/mol. The van der Waals surface area contributed by atoms with Crippen LogP contribution in [0.1, 0.15) is 45.0 Å². The maximum absolute atomic E-state index is 13.4. The average Bonchev–Trinajstić information content (AvgIpc) is 3.10. The number of likely N-dealkylation sites (tertiary alicyclic amines) is 1. The van der Waals surface area contributed by atoms with Gasteiger partial charge in [0.15, 0.2) is 11.0 Å². The molecule has 0 unspecified atom stereocenters. The predicted molar refractivity (Wildman–Crippen MR) is 108 cm³/mol. The Bertz CT molecular complexity index is 807. The number of hydrogen-bond donors (Lipinski definition) is 1. The van der Waals surface area contributed by atoms with Gasteiger partial charge in [-0.2, -0.15) is 0 Å². The number of thioether (sulfide) groups is 1. The first-order valence-corrected chi connectivity index (χ1v) is 10.8. The molecule has 1 aliphatic heterocycles. The number of rotatable bonds is 6. The summed E-state index contributed by atoms with van der Waals surface area (Å²) in [4.78, 5) is 15.9. The summed E-state index contributed by atoms with van der Waals surface area (Å²) in [5, 5.41) is 9.41. The standard InChI is InChI=1S/C20H28FN5OS/c1-14-7-5-6-12-25(14)18(27)13-28-20-23-22-19(15(2)24(3)4)26(20)17-10-8-16(21)9-11-17/h8-11,14-15H,5-7,12-13H2,1-4H3/p+1/t14-,15+/m0/s1. The van der Waals surface area contributed by atoms with Crippen molar-refractivity contribution in [2.24, 2.45) is 0 Å². The second-order valence-corrected chi connectivity index (χ2v) is 8.61. The summed E-state index contributed by atoms with van der Waals surface area (Å²) >= 11 is 1.39. The van der Waals surface area contributed by atoms with E-state index >= 15 is 0 Å². The molecule has 3 rings (SSSR count). The van der Waals surface area contributed by atoms with E-state index in [4.69, 9.17) is 0 Å². The van der Waals surface area contributed by atoms with Crippen LogP contribution in [0.2, 0.25) is 0 Å².